The Morgan fingerprint density at radius 2 is 1.96 bits per heavy atom. The Kier molecular flexibility index (Phi) is 6.65. The predicted octanol–water partition coefficient (Wildman–Crippen LogP) is 2.89. The number of hydrogen-bond donors (Lipinski definition) is 1. The number of rotatable bonds is 5. The van der Waals surface area contributed by atoms with Crippen molar-refractivity contribution < 1.29 is 9.59 Å². The zero-order valence-corrected chi connectivity index (χ0v) is 15.3. The van der Waals surface area contributed by atoms with Gasteiger partial charge in [0, 0.05) is 38.3 Å². The Hall–Kier alpha value is -2.26. The van der Waals surface area contributed by atoms with Gasteiger partial charge in [-0.15, -0.1) is 0 Å². The second-order valence-electron chi connectivity index (χ2n) is 6.52. The van der Waals surface area contributed by atoms with Crippen molar-refractivity contribution in [3.05, 3.63) is 23.2 Å². The van der Waals surface area contributed by atoms with Crippen LogP contribution in [0.5, 0.6) is 0 Å². The van der Waals surface area contributed by atoms with Gasteiger partial charge in [0.15, 0.2) is 0 Å². The highest BCUT2D eigenvalue weighted by atomic mass is 35.5. The fraction of sp³-hybridized carbons (Fsp3) is 0.500. The number of carbonyl (C=O) groups excluding carboxylic acids is 2. The highest BCUT2D eigenvalue weighted by Gasteiger charge is 2.22. The summed E-state index contributed by atoms with van der Waals surface area (Å²) in [6.45, 7) is 6.91. The Balaban J connectivity index is 1.96. The molecule has 0 saturated carbocycles. The molecular formula is C18H23ClN4O2. The molecule has 1 aliphatic heterocycles. The van der Waals surface area contributed by atoms with Crippen molar-refractivity contribution in [2.45, 2.75) is 26.7 Å². The molecule has 6 nitrogen and oxygen atoms in total. The fourth-order valence-corrected chi connectivity index (χ4v) is 3.09. The number of anilines is 2. The van der Waals surface area contributed by atoms with E-state index in [0.717, 1.165) is 18.8 Å². The van der Waals surface area contributed by atoms with Crippen molar-refractivity contribution in [1.29, 1.82) is 5.26 Å². The van der Waals surface area contributed by atoms with Crippen LogP contribution >= 0.6 is 11.6 Å². The van der Waals surface area contributed by atoms with Gasteiger partial charge in [-0.25, -0.2) is 0 Å². The SMILES string of the molecule is CC(C)CC(=O)N1CCN(c2ccc(NC(=O)CC#N)cc2Cl)CC1. The highest BCUT2D eigenvalue weighted by molar-refractivity contribution is 6.33. The lowest BCUT2D eigenvalue weighted by Crippen LogP contribution is -2.49. The van der Waals surface area contributed by atoms with E-state index in [2.05, 4.69) is 10.2 Å². The molecule has 1 aliphatic rings. The molecule has 1 saturated heterocycles. The van der Waals surface area contributed by atoms with E-state index in [4.69, 9.17) is 16.9 Å². The predicted molar refractivity (Wildman–Crippen MR) is 98.6 cm³/mol. The molecule has 25 heavy (non-hydrogen) atoms. The van der Waals surface area contributed by atoms with Gasteiger partial charge in [-0.1, -0.05) is 25.4 Å². The molecule has 0 unspecified atom stereocenters. The maximum Gasteiger partial charge on any atom is 0.238 e. The van der Waals surface area contributed by atoms with Crippen molar-refractivity contribution in [3.63, 3.8) is 0 Å². The number of benzene rings is 1. The Labute approximate surface area is 153 Å². The first kappa shape index (κ1) is 19.1. The van der Waals surface area contributed by atoms with Crippen LogP contribution in [0.25, 0.3) is 0 Å². The van der Waals surface area contributed by atoms with E-state index in [-0.39, 0.29) is 18.2 Å². The first-order chi connectivity index (χ1) is 11.9. The Bertz CT molecular complexity index is 676. The third-order valence-corrected chi connectivity index (χ3v) is 4.33. The van der Waals surface area contributed by atoms with Crippen molar-refractivity contribution >= 4 is 34.8 Å². The molecule has 134 valence electrons. The monoisotopic (exact) mass is 362 g/mol. The summed E-state index contributed by atoms with van der Waals surface area (Å²) >= 11 is 6.35. The molecule has 1 N–H and O–H groups in total. The van der Waals surface area contributed by atoms with Crippen LogP contribution < -0.4 is 10.2 Å². The lowest BCUT2D eigenvalue weighted by molar-refractivity contribution is -0.132. The topological polar surface area (TPSA) is 76.4 Å². The van der Waals surface area contributed by atoms with Gasteiger partial charge in [0.05, 0.1) is 16.8 Å². The number of nitrogens with one attached hydrogen (secondary N) is 1. The molecule has 1 heterocycles. The number of nitriles is 1. The molecule has 0 aromatic heterocycles. The third kappa shape index (κ3) is 5.36. The Morgan fingerprint density at radius 1 is 1.28 bits per heavy atom. The molecule has 1 aromatic carbocycles. The molecule has 0 atom stereocenters. The molecule has 0 spiro atoms. The van der Waals surface area contributed by atoms with E-state index in [0.29, 0.717) is 36.1 Å². The standard InChI is InChI=1S/C18H23ClN4O2/c1-13(2)11-18(25)23-9-7-22(8-10-23)16-4-3-14(12-15(16)19)21-17(24)5-6-20/h3-4,12-13H,5,7-11H2,1-2H3,(H,21,24). The smallest absolute Gasteiger partial charge is 0.238 e. The number of carbonyl (C=O) groups is 2. The van der Waals surface area contributed by atoms with Crippen molar-refractivity contribution in [2.75, 3.05) is 36.4 Å². The van der Waals surface area contributed by atoms with Gasteiger partial charge in [-0.2, -0.15) is 5.26 Å². The first-order valence-corrected chi connectivity index (χ1v) is 8.77. The molecule has 2 amide bonds. The van der Waals surface area contributed by atoms with E-state index in [9.17, 15) is 9.59 Å². The van der Waals surface area contributed by atoms with Gasteiger partial charge >= 0.3 is 0 Å². The maximum atomic E-state index is 12.1. The van der Waals surface area contributed by atoms with E-state index in [1.165, 1.54) is 0 Å². The van der Waals surface area contributed by atoms with E-state index < -0.39 is 0 Å². The first-order valence-electron chi connectivity index (χ1n) is 8.39. The average Bonchev–Trinajstić information content (AvgIpc) is 2.55. The molecule has 0 bridgehead atoms. The summed E-state index contributed by atoms with van der Waals surface area (Å²) in [6, 6.07) is 7.12. The van der Waals surface area contributed by atoms with Crippen molar-refractivity contribution in [1.82, 2.24) is 4.90 Å². The lowest BCUT2D eigenvalue weighted by atomic mass is 10.1. The van der Waals surface area contributed by atoms with Crippen LogP contribution in [0.15, 0.2) is 18.2 Å². The summed E-state index contributed by atoms with van der Waals surface area (Å²) in [6.07, 6.45) is 0.392. The second-order valence-corrected chi connectivity index (χ2v) is 6.92. The summed E-state index contributed by atoms with van der Waals surface area (Å²) in [5.74, 6) is 0.212. The van der Waals surface area contributed by atoms with Crippen LogP contribution in [0, 0.1) is 17.2 Å². The normalized spacial score (nSPS) is 14.4. The van der Waals surface area contributed by atoms with Gasteiger partial charge < -0.3 is 15.1 Å². The average molecular weight is 363 g/mol. The second kappa shape index (κ2) is 8.72. The molecule has 2 rings (SSSR count). The number of piperazine rings is 1. The van der Waals surface area contributed by atoms with Crippen LogP contribution in [0.2, 0.25) is 5.02 Å². The lowest BCUT2D eigenvalue weighted by Gasteiger charge is -2.36. The molecule has 1 aromatic rings. The molecule has 0 radical (unpaired) electrons. The number of amides is 2. The molecular weight excluding hydrogens is 340 g/mol. The quantitative estimate of drug-likeness (QED) is 0.873. The summed E-state index contributed by atoms with van der Waals surface area (Å²) in [7, 11) is 0. The molecule has 0 aliphatic carbocycles. The highest BCUT2D eigenvalue weighted by Crippen LogP contribution is 2.29. The minimum absolute atomic E-state index is 0.189. The largest absolute Gasteiger partial charge is 0.367 e. The van der Waals surface area contributed by atoms with Crippen LogP contribution in [-0.2, 0) is 9.59 Å². The number of nitrogens with zero attached hydrogens (tertiary/aromatic N) is 3. The van der Waals surface area contributed by atoms with Gasteiger partial charge in [0.1, 0.15) is 6.42 Å². The zero-order valence-electron chi connectivity index (χ0n) is 14.6. The third-order valence-electron chi connectivity index (χ3n) is 4.03. The van der Waals surface area contributed by atoms with Gasteiger partial charge in [-0.3, -0.25) is 9.59 Å². The maximum absolute atomic E-state index is 12.1. The van der Waals surface area contributed by atoms with Gasteiger partial charge in [-0.05, 0) is 24.1 Å². The summed E-state index contributed by atoms with van der Waals surface area (Å²) < 4.78 is 0. The molecule has 7 heteroatoms. The van der Waals surface area contributed by atoms with E-state index in [1.807, 2.05) is 24.8 Å². The number of hydrogen-bond acceptors (Lipinski definition) is 4. The van der Waals surface area contributed by atoms with E-state index >= 15 is 0 Å². The number of halogens is 1. The Morgan fingerprint density at radius 3 is 2.52 bits per heavy atom. The minimum Gasteiger partial charge on any atom is -0.367 e. The van der Waals surface area contributed by atoms with Crippen LogP contribution in [-0.4, -0.2) is 42.9 Å². The summed E-state index contributed by atoms with van der Waals surface area (Å²) in [5.41, 5.74) is 1.45. The van der Waals surface area contributed by atoms with Crippen LogP contribution in [0.3, 0.4) is 0 Å². The van der Waals surface area contributed by atoms with Crippen molar-refractivity contribution in [2.24, 2.45) is 5.92 Å². The minimum atomic E-state index is -0.358. The van der Waals surface area contributed by atoms with Crippen molar-refractivity contribution in [3.8, 4) is 6.07 Å². The van der Waals surface area contributed by atoms with Gasteiger partial charge in [0.2, 0.25) is 11.8 Å². The van der Waals surface area contributed by atoms with Gasteiger partial charge in [0.25, 0.3) is 0 Å². The fourth-order valence-electron chi connectivity index (χ4n) is 2.79. The van der Waals surface area contributed by atoms with Crippen LogP contribution in [0.1, 0.15) is 26.7 Å². The van der Waals surface area contributed by atoms with Crippen LogP contribution in [0.4, 0.5) is 11.4 Å². The summed E-state index contributed by atoms with van der Waals surface area (Å²) in [5, 5.41) is 11.7. The summed E-state index contributed by atoms with van der Waals surface area (Å²) in [4.78, 5) is 27.6. The molecule has 1 fully saturated rings. The zero-order chi connectivity index (χ0) is 18.4. The van der Waals surface area contributed by atoms with E-state index in [1.54, 1.807) is 18.2 Å².